The monoisotopic (exact) mass is 285 g/mol. The van der Waals surface area contributed by atoms with Crippen molar-refractivity contribution in [2.24, 2.45) is 0 Å². The molecule has 0 unspecified atom stereocenters. The van der Waals surface area contributed by atoms with E-state index in [-0.39, 0.29) is 16.3 Å². The second kappa shape index (κ2) is 5.53. The predicted octanol–water partition coefficient (Wildman–Crippen LogP) is 4.68. The van der Waals surface area contributed by atoms with E-state index in [1.165, 1.54) is 42.5 Å². The van der Waals surface area contributed by atoms with Crippen LogP contribution in [0.15, 0.2) is 48.5 Å². The van der Waals surface area contributed by atoms with E-state index in [0.29, 0.717) is 0 Å². The van der Waals surface area contributed by atoms with Crippen molar-refractivity contribution in [3.63, 3.8) is 0 Å². The van der Waals surface area contributed by atoms with Crippen LogP contribution >= 0.6 is 11.6 Å². The van der Waals surface area contributed by atoms with Gasteiger partial charge in [0.05, 0.1) is 17.3 Å². The molecule has 100 valence electrons. The summed E-state index contributed by atoms with van der Waals surface area (Å²) in [5.41, 5.74) is -0.159. The SMILES string of the molecule is Fc1c(Cl)cccc1NCC(F)(F)c1ccccc1. The zero-order chi connectivity index (χ0) is 13.9. The van der Waals surface area contributed by atoms with Gasteiger partial charge >= 0.3 is 0 Å². The fourth-order valence-electron chi connectivity index (χ4n) is 1.63. The second-order valence-electron chi connectivity index (χ2n) is 4.03. The summed E-state index contributed by atoms with van der Waals surface area (Å²) in [6.45, 7) is -0.700. The lowest BCUT2D eigenvalue weighted by Gasteiger charge is -2.18. The van der Waals surface area contributed by atoms with Gasteiger partial charge in [0, 0.05) is 5.56 Å². The molecule has 2 rings (SSSR count). The van der Waals surface area contributed by atoms with Crippen LogP contribution in [0.4, 0.5) is 18.9 Å². The van der Waals surface area contributed by atoms with E-state index in [1.807, 2.05) is 0 Å². The Morgan fingerprint density at radius 2 is 1.68 bits per heavy atom. The number of hydrogen-bond acceptors (Lipinski definition) is 1. The average Bonchev–Trinajstić information content (AvgIpc) is 2.41. The van der Waals surface area contributed by atoms with E-state index < -0.39 is 18.3 Å². The molecular formula is C14H11ClF3N. The van der Waals surface area contributed by atoms with E-state index >= 15 is 0 Å². The molecule has 5 heteroatoms. The highest BCUT2D eigenvalue weighted by Crippen LogP contribution is 2.29. The highest BCUT2D eigenvalue weighted by atomic mass is 35.5. The molecule has 1 N–H and O–H groups in total. The van der Waals surface area contributed by atoms with Gasteiger partial charge in [-0.15, -0.1) is 0 Å². The third-order valence-corrected chi connectivity index (χ3v) is 2.94. The number of anilines is 1. The molecule has 2 aromatic carbocycles. The smallest absolute Gasteiger partial charge is 0.290 e. The first kappa shape index (κ1) is 13.7. The predicted molar refractivity (Wildman–Crippen MR) is 70.2 cm³/mol. The lowest BCUT2D eigenvalue weighted by atomic mass is 10.1. The van der Waals surface area contributed by atoms with Crippen LogP contribution in [0, 0.1) is 5.82 Å². The molecule has 0 atom stereocenters. The number of alkyl halides is 2. The Bertz CT molecular complexity index is 558. The number of rotatable bonds is 4. The van der Waals surface area contributed by atoms with Crippen LogP contribution in [0.5, 0.6) is 0 Å². The van der Waals surface area contributed by atoms with Gasteiger partial charge in [-0.2, -0.15) is 8.78 Å². The van der Waals surface area contributed by atoms with Crippen molar-refractivity contribution < 1.29 is 13.2 Å². The Morgan fingerprint density at radius 1 is 1.00 bits per heavy atom. The number of hydrogen-bond donors (Lipinski definition) is 1. The maximum Gasteiger partial charge on any atom is 0.290 e. The van der Waals surface area contributed by atoms with Gasteiger partial charge in [0.2, 0.25) is 0 Å². The van der Waals surface area contributed by atoms with Crippen LogP contribution in [-0.2, 0) is 5.92 Å². The van der Waals surface area contributed by atoms with Crippen molar-refractivity contribution in [1.29, 1.82) is 0 Å². The van der Waals surface area contributed by atoms with Crippen molar-refractivity contribution in [3.8, 4) is 0 Å². The zero-order valence-corrected chi connectivity index (χ0v) is 10.6. The molecule has 0 aliphatic rings. The Morgan fingerprint density at radius 3 is 2.37 bits per heavy atom. The lowest BCUT2D eigenvalue weighted by molar-refractivity contribution is 0.0106. The van der Waals surface area contributed by atoms with Crippen molar-refractivity contribution >= 4 is 17.3 Å². The minimum absolute atomic E-state index is 0.0388. The molecule has 0 fully saturated rings. The molecule has 0 spiro atoms. The maximum atomic E-state index is 13.9. The van der Waals surface area contributed by atoms with E-state index in [2.05, 4.69) is 5.32 Å². The molecule has 0 aromatic heterocycles. The van der Waals surface area contributed by atoms with Crippen LogP contribution in [0.2, 0.25) is 5.02 Å². The molecular weight excluding hydrogens is 275 g/mol. The topological polar surface area (TPSA) is 12.0 Å². The lowest BCUT2D eigenvalue weighted by Crippen LogP contribution is -2.25. The molecule has 0 radical (unpaired) electrons. The Kier molecular flexibility index (Phi) is 4.00. The van der Waals surface area contributed by atoms with Crippen molar-refractivity contribution in [2.45, 2.75) is 5.92 Å². The summed E-state index contributed by atoms with van der Waals surface area (Å²) in [5, 5.41) is 2.28. The quantitative estimate of drug-likeness (QED) is 0.860. The molecule has 0 aliphatic carbocycles. The summed E-state index contributed by atoms with van der Waals surface area (Å²) in [6, 6.07) is 11.6. The third kappa shape index (κ3) is 3.20. The summed E-state index contributed by atoms with van der Waals surface area (Å²) >= 11 is 5.58. The first-order chi connectivity index (χ1) is 9.00. The van der Waals surface area contributed by atoms with Crippen LogP contribution in [0.3, 0.4) is 0 Å². The van der Waals surface area contributed by atoms with E-state index in [1.54, 1.807) is 6.07 Å². The molecule has 19 heavy (non-hydrogen) atoms. The molecule has 0 saturated heterocycles. The molecule has 0 heterocycles. The molecule has 0 bridgehead atoms. The van der Waals surface area contributed by atoms with E-state index in [4.69, 9.17) is 11.6 Å². The van der Waals surface area contributed by atoms with Gasteiger partial charge in [0.25, 0.3) is 5.92 Å². The highest BCUT2D eigenvalue weighted by Gasteiger charge is 2.31. The van der Waals surface area contributed by atoms with Crippen molar-refractivity contribution in [2.75, 3.05) is 11.9 Å². The molecule has 0 aliphatic heterocycles. The van der Waals surface area contributed by atoms with Crippen LogP contribution < -0.4 is 5.32 Å². The first-order valence-electron chi connectivity index (χ1n) is 5.62. The number of nitrogens with one attached hydrogen (secondary N) is 1. The van der Waals surface area contributed by atoms with Crippen LogP contribution in [-0.4, -0.2) is 6.54 Å². The normalized spacial score (nSPS) is 11.4. The standard InChI is InChI=1S/C14H11ClF3N/c15-11-7-4-8-12(13(11)16)19-9-14(17,18)10-5-2-1-3-6-10/h1-8,19H,9H2. The Labute approximate surface area is 114 Å². The van der Waals surface area contributed by atoms with Crippen molar-refractivity contribution in [3.05, 3.63) is 64.9 Å². The Balaban J connectivity index is 2.12. The van der Waals surface area contributed by atoms with Gasteiger partial charge < -0.3 is 5.32 Å². The molecule has 1 nitrogen and oxygen atoms in total. The van der Waals surface area contributed by atoms with Gasteiger partial charge in [0.15, 0.2) is 5.82 Å². The summed E-state index contributed by atoms with van der Waals surface area (Å²) in [6.07, 6.45) is 0. The second-order valence-corrected chi connectivity index (χ2v) is 4.43. The van der Waals surface area contributed by atoms with Gasteiger partial charge in [-0.3, -0.25) is 0 Å². The summed E-state index contributed by atoms with van der Waals surface area (Å²) < 4.78 is 41.3. The Hall–Kier alpha value is -1.68. The summed E-state index contributed by atoms with van der Waals surface area (Å²) in [4.78, 5) is 0. The van der Waals surface area contributed by atoms with Gasteiger partial charge in [0.1, 0.15) is 0 Å². The highest BCUT2D eigenvalue weighted by molar-refractivity contribution is 6.31. The average molecular weight is 286 g/mol. The van der Waals surface area contributed by atoms with Crippen molar-refractivity contribution in [1.82, 2.24) is 0 Å². The van der Waals surface area contributed by atoms with Crippen LogP contribution in [0.25, 0.3) is 0 Å². The van der Waals surface area contributed by atoms with E-state index in [0.717, 1.165) is 0 Å². The largest absolute Gasteiger partial charge is 0.376 e. The zero-order valence-electron chi connectivity index (χ0n) is 9.84. The fraction of sp³-hybridized carbons (Fsp3) is 0.143. The van der Waals surface area contributed by atoms with Gasteiger partial charge in [-0.25, -0.2) is 4.39 Å². The van der Waals surface area contributed by atoms with E-state index in [9.17, 15) is 13.2 Å². The first-order valence-corrected chi connectivity index (χ1v) is 6.00. The third-order valence-electron chi connectivity index (χ3n) is 2.65. The van der Waals surface area contributed by atoms with Gasteiger partial charge in [-0.1, -0.05) is 48.0 Å². The summed E-state index contributed by atoms with van der Waals surface area (Å²) in [5.74, 6) is -3.82. The summed E-state index contributed by atoms with van der Waals surface area (Å²) in [7, 11) is 0. The maximum absolute atomic E-state index is 13.9. The fourth-order valence-corrected chi connectivity index (χ4v) is 1.81. The van der Waals surface area contributed by atoms with Crippen LogP contribution in [0.1, 0.15) is 5.56 Å². The minimum Gasteiger partial charge on any atom is -0.376 e. The van der Waals surface area contributed by atoms with Gasteiger partial charge in [-0.05, 0) is 12.1 Å². The molecule has 2 aromatic rings. The number of halogens is 4. The minimum atomic E-state index is -3.09. The number of benzene rings is 2. The molecule has 0 amide bonds. The molecule has 0 saturated carbocycles.